The van der Waals surface area contributed by atoms with E-state index >= 15 is 0 Å². The van der Waals surface area contributed by atoms with E-state index in [9.17, 15) is 10.2 Å². The van der Waals surface area contributed by atoms with Crippen LogP contribution in [0, 0.1) is 40.4 Å². The highest BCUT2D eigenvalue weighted by Crippen LogP contribution is 2.75. The Kier molecular flexibility index (Phi) is 4.57. The second kappa shape index (κ2) is 6.56. The lowest BCUT2D eigenvalue weighted by atomic mass is 9.33. The van der Waals surface area contributed by atoms with Crippen LogP contribution >= 0.6 is 0 Å². The van der Waals surface area contributed by atoms with Crippen LogP contribution < -0.4 is 5.73 Å². The largest absolute Gasteiger partial charge is 0.504 e. The number of phenolic OH excluding ortho intramolecular Hbond substituents is 2. The van der Waals surface area contributed by atoms with E-state index in [4.69, 9.17) is 5.73 Å². The van der Waals surface area contributed by atoms with Gasteiger partial charge in [0.25, 0.3) is 0 Å². The zero-order chi connectivity index (χ0) is 23.3. The molecule has 3 nitrogen and oxygen atoms in total. The first-order chi connectivity index (χ1) is 14.8. The Bertz CT molecular complexity index is 999. The molecule has 7 atom stereocenters. The van der Waals surface area contributed by atoms with E-state index in [1.807, 2.05) is 13.0 Å². The third-order valence-electron chi connectivity index (χ3n) is 11.8. The molecule has 176 valence electrons. The number of phenols is 2. The summed E-state index contributed by atoms with van der Waals surface area (Å²) in [6.45, 7) is 15.3. The van der Waals surface area contributed by atoms with E-state index in [0.29, 0.717) is 17.3 Å². The Morgan fingerprint density at radius 1 is 0.938 bits per heavy atom. The molecule has 0 amide bonds. The van der Waals surface area contributed by atoms with Crippen molar-refractivity contribution in [2.75, 3.05) is 6.54 Å². The van der Waals surface area contributed by atoms with Gasteiger partial charge in [-0.25, -0.2) is 0 Å². The minimum absolute atomic E-state index is 0.0200. The predicted octanol–water partition coefficient (Wildman–Crippen LogP) is 6.68. The number of rotatable bonds is 1. The average molecular weight is 438 g/mol. The summed E-state index contributed by atoms with van der Waals surface area (Å²) in [6.07, 6.45) is 13.4. The van der Waals surface area contributed by atoms with Crippen LogP contribution in [0.4, 0.5) is 0 Å². The Morgan fingerprint density at radius 2 is 1.59 bits per heavy atom. The third kappa shape index (κ3) is 2.58. The molecule has 0 bridgehead atoms. The van der Waals surface area contributed by atoms with E-state index in [1.54, 1.807) is 0 Å². The molecule has 5 rings (SSSR count). The number of allylic oxidation sites excluding steroid dienone is 1. The van der Waals surface area contributed by atoms with Gasteiger partial charge < -0.3 is 15.9 Å². The van der Waals surface area contributed by atoms with Gasteiger partial charge in [-0.1, -0.05) is 46.8 Å². The molecule has 3 heteroatoms. The van der Waals surface area contributed by atoms with Crippen molar-refractivity contribution in [3.05, 3.63) is 28.8 Å². The summed E-state index contributed by atoms with van der Waals surface area (Å²) in [5.74, 6) is 1.18. The molecule has 0 spiro atoms. The summed E-state index contributed by atoms with van der Waals surface area (Å²) in [5, 5.41) is 20.9. The molecule has 0 heterocycles. The molecule has 4 aliphatic carbocycles. The summed E-state index contributed by atoms with van der Waals surface area (Å²) >= 11 is 0. The van der Waals surface area contributed by atoms with E-state index in [2.05, 4.69) is 46.8 Å². The van der Waals surface area contributed by atoms with Gasteiger partial charge >= 0.3 is 0 Å². The summed E-state index contributed by atoms with van der Waals surface area (Å²) in [6, 6.07) is 1.86. The fraction of sp³-hybridized carbons (Fsp3) is 0.724. The maximum Gasteiger partial charge on any atom is 0.161 e. The Hall–Kier alpha value is -1.48. The Morgan fingerprint density at radius 3 is 2.28 bits per heavy atom. The molecule has 3 fully saturated rings. The van der Waals surface area contributed by atoms with Crippen LogP contribution in [0.1, 0.15) is 96.3 Å². The van der Waals surface area contributed by atoms with E-state index in [1.165, 1.54) is 44.1 Å². The molecule has 32 heavy (non-hydrogen) atoms. The maximum absolute atomic E-state index is 10.5. The van der Waals surface area contributed by atoms with Crippen molar-refractivity contribution >= 4 is 6.08 Å². The molecule has 1 aromatic rings. The first-order valence-electron chi connectivity index (χ1n) is 12.8. The summed E-state index contributed by atoms with van der Waals surface area (Å²) < 4.78 is 0. The fourth-order valence-corrected chi connectivity index (χ4v) is 9.07. The molecular formula is C29H43NO2. The molecule has 1 aromatic carbocycles. The van der Waals surface area contributed by atoms with Crippen LogP contribution in [-0.2, 0) is 5.41 Å². The average Bonchev–Trinajstić information content (AvgIpc) is 2.76. The van der Waals surface area contributed by atoms with Gasteiger partial charge in [0.15, 0.2) is 11.5 Å². The summed E-state index contributed by atoms with van der Waals surface area (Å²) in [5.41, 5.74) is 10.6. The van der Waals surface area contributed by atoms with Gasteiger partial charge in [0, 0.05) is 11.0 Å². The number of benzene rings is 1. The second-order valence-electron chi connectivity index (χ2n) is 13.3. The van der Waals surface area contributed by atoms with Crippen molar-refractivity contribution in [3.8, 4) is 11.5 Å². The number of fused-ring (bicyclic) bond motifs is 7. The summed E-state index contributed by atoms with van der Waals surface area (Å²) in [7, 11) is 0. The highest BCUT2D eigenvalue weighted by atomic mass is 16.3. The number of hydrogen-bond donors (Lipinski definition) is 3. The van der Waals surface area contributed by atoms with Gasteiger partial charge in [-0.3, -0.25) is 0 Å². The topological polar surface area (TPSA) is 66.5 Å². The number of hydrogen-bond acceptors (Lipinski definition) is 3. The van der Waals surface area contributed by atoms with Crippen LogP contribution in [0.25, 0.3) is 6.08 Å². The quantitative estimate of drug-likeness (QED) is 0.429. The Balaban J connectivity index is 1.62. The van der Waals surface area contributed by atoms with E-state index < -0.39 is 0 Å². The molecule has 0 aliphatic heterocycles. The molecule has 0 aromatic heterocycles. The zero-order valence-corrected chi connectivity index (χ0v) is 21.0. The van der Waals surface area contributed by atoms with E-state index in [-0.39, 0.29) is 33.2 Å². The molecular weight excluding hydrogens is 394 g/mol. The Labute approximate surface area is 194 Å². The number of aromatic hydroxyl groups is 2. The first-order valence-corrected chi connectivity index (χ1v) is 12.8. The highest BCUT2D eigenvalue weighted by molar-refractivity contribution is 5.69. The lowest BCUT2D eigenvalue weighted by Crippen LogP contribution is -2.64. The van der Waals surface area contributed by atoms with E-state index in [0.717, 1.165) is 24.1 Å². The monoisotopic (exact) mass is 437 g/mol. The molecule has 4 N–H and O–H groups in total. The van der Waals surface area contributed by atoms with Crippen LogP contribution in [0.3, 0.4) is 0 Å². The minimum Gasteiger partial charge on any atom is -0.504 e. The van der Waals surface area contributed by atoms with Gasteiger partial charge in [-0.05, 0) is 109 Å². The standard InChI is InChI=1S/C29H43NO2/c1-18-19-7-8-22-27(4,20(19)15-21(31)24(18)32)12-14-29(6)23-16-25(2,17-30)9-10-26(23,3)11-13-28(22,29)5/h7-8,15,22-23,31-32H,9-14,16-17,30H2,1-6H3. The molecule has 7 unspecified atom stereocenters. The van der Waals surface area contributed by atoms with Gasteiger partial charge in [0.1, 0.15) is 0 Å². The van der Waals surface area contributed by atoms with Crippen LogP contribution in [-0.4, -0.2) is 16.8 Å². The smallest absolute Gasteiger partial charge is 0.161 e. The van der Waals surface area contributed by atoms with Crippen molar-refractivity contribution in [1.29, 1.82) is 0 Å². The van der Waals surface area contributed by atoms with Crippen molar-refractivity contribution in [2.24, 2.45) is 39.2 Å². The van der Waals surface area contributed by atoms with Crippen molar-refractivity contribution in [2.45, 2.75) is 91.9 Å². The van der Waals surface area contributed by atoms with Crippen molar-refractivity contribution in [1.82, 2.24) is 0 Å². The first kappa shape index (κ1) is 22.3. The van der Waals surface area contributed by atoms with Crippen LogP contribution in [0.5, 0.6) is 11.5 Å². The second-order valence-corrected chi connectivity index (χ2v) is 13.3. The molecule has 0 radical (unpaired) electrons. The van der Waals surface area contributed by atoms with Crippen molar-refractivity contribution < 1.29 is 10.2 Å². The molecule has 0 saturated heterocycles. The fourth-order valence-electron chi connectivity index (χ4n) is 9.07. The van der Waals surface area contributed by atoms with Crippen molar-refractivity contribution in [3.63, 3.8) is 0 Å². The lowest BCUT2D eigenvalue weighted by Gasteiger charge is -2.71. The predicted molar refractivity (Wildman–Crippen MR) is 132 cm³/mol. The van der Waals surface area contributed by atoms with Gasteiger partial charge in [-0.15, -0.1) is 0 Å². The SMILES string of the molecule is Cc1c(O)c(O)cc2c1C=CC1C2(C)CCC2(C)C3CC(C)(CN)CCC3(C)CCC12C. The third-order valence-corrected chi connectivity index (χ3v) is 11.8. The van der Waals surface area contributed by atoms with Gasteiger partial charge in [0.2, 0.25) is 0 Å². The normalized spacial score (nSPS) is 47.2. The maximum atomic E-state index is 10.5. The lowest BCUT2D eigenvalue weighted by molar-refractivity contribution is -0.198. The van der Waals surface area contributed by atoms with Gasteiger partial charge in [-0.2, -0.15) is 0 Å². The highest BCUT2D eigenvalue weighted by Gasteiger charge is 2.67. The van der Waals surface area contributed by atoms with Crippen LogP contribution in [0.2, 0.25) is 0 Å². The molecule has 4 aliphatic rings. The molecule has 3 saturated carbocycles. The zero-order valence-electron chi connectivity index (χ0n) is 21.0. The van der Waals surface area contributed by atoms with Crippen LogP contribution in [0.15, 0.2) is 12.1 Å². The summed E-state index contributed by atoms with van der Waals surface area (Å²) in [4.78, 5) is 0. The number of nitrogens with two attached hydrogens (primary N) is 1. The van der Waals surface area contributed by atoms with Gasteiger partial charge in [0.05, 0.1) is 0 Å². The minimum atomic E-state index is -0.0200.